The van der Waals surface area contributed by atoms with Crippen molar-refractivity contribution in [3.05, 3.63) is 48.4 Å². The van der Waals surface area contributed by atoms with E-state index in [-0.39, 0.29) is 17.8 Å². The number of aromatic nitrogens is 4. The van der Waals surface area contributed by atoms with Crippen LogP contribution in [0.4, 0.5) is 0 Å². The van der Waals surface area contributed by atoms with E-state index in [2.05, 4.69) is 66.5 Å². The zero-order valence-electron chi connectivity index (χ0n) is 21.7. The highest BCUT2D eigenvalue weighted by Gasteiger charge is 2.21. The van der Waals surface area contributed by atoms with Crippen LogP contribution in [-0.4, -0.2) is 52.5 Å². The first kappa shape index (κ1) is 26.6. The lowest BCUT2D eigenvalue weighted by Crippen LogP contribution is -2.30. The number of nitrogens with zero attached hydrogens (tertiary/aromatic N) is 4. The second-order valence-electron chi connectivity index (χ2n) is 10.9. The minimum atomic E-state index is 0. The van der Waals surface area contributed by atoms with Gasteiger partial charge in [0, 0.05) is 17.3 Å². The van der Waals surface area contributed by atoms with Crippen molar-refractivity contribution >= 4 is 12.4 Å². The zero-order valence-corrected chi connectivity index (χ0v) is 22.5. The van der Waals surface area contributed by atoms with Gasteiger partial charge in [-0.2, -0.15) is 5.10 Å². The van der Waals surface area contributed by atoms with Crippen LogP contribution < -0.4 is 15.4 Å². The molecule has 3 aromatic rings. The predicted molar refractivity (Wildman–Crippen MR) is 147 cm³/mol. The zero-order chi connectivity index (χ0) is 24.3. The fraction of sp³-hybridized carbons (Fsp3) is 0.536. The fourth-order valence-electron chi connectivity index (χ4n) is 4.97. The van der Waals surface area contributed by atoms with Gasteiger partial charge in [-0.25, -0.2) is 9.97 Å². The maximum absolute atomic E-state index is 6.15. The standard InChI is InChI=1S/C28H38N6O.ClH/c1-28(2,3)23-6-4-21(5-7-23)26-27(22-16-32-34(18-22)24-10-14-30-15-11-24)33-25(17-31-26)35-19-20-8-12-29-13-9-20;/h4-7,16-18,20,24,29-30H,8-15,19H2,1-3H3;1H. The molecule has 2 aromatic heterocycles. The molecule has 4 heterocycles. The van der Waals surface area contributed by atoms with Crippen LogP contribution in [0.5, 0.6) is 5.88 Å². The fourth-order valence-corrected chi connectivity index (χ4v) is 4.97. The SMILES string of the molecule is CC(C)(C)c1ccc(-c2ncc(OCC3CCNCC3)nc2-c2cnn(C3CCNCC3)c2)cc1.Cl. The van der Waals surface area contributed by atoms with Crippen molar-refractivity contribution in [3.63, 3.8) is 0 Å². The number of halogens is 1. The molecule has 2 saturated heterocycles. The third kappa shape index (κ3) is 6.25. The summed E-state index contributed by atoms with van der Waals surface area (Å²) in [5.74, 6) is 1.15. The molecule has 2 fully saturated rings. The van der Waals surface area contributed by atoms with Crippen molar-refractivity contribution in [3.8, 4) is 28.4 Å². The first-order valence-electron chi connectivity index (χ1n) is 13.0. The van der Waals surface area contributed by atoms with Crippen LogP contribution in [0.1, 0.15) is 58.1 Å². The van der Waals surface area contributed by atoms with Crippen LogP contribution in [0.2, 0.25) is 0 Å². The van der Waals surface area contributed by atoms with Crippen molar-refractivity contribution in [1.29, 1.82) is 0 Å². The second kappa shape index (κ2) is 11.7. The molecule has 0 saturated carbocycles. The van der Waals surface area contributed by atoms with Crippen molar-refractivity contribution in [2.45, 2.75) is 57.9 Å². The highest BCUT2D eigenvalue weighted by molar-refractivity contribution is 5.85. The summed E-state index contributed by atoms with van der Waals surface area (Å²) in [6.45, 7) is 11.6. The van der Waals surface area contributed by atoms with Crippen LogP contribution in [-0.2, 0) is 5.41 Å². The van der Waals surface area contributed by atoms with Gasteiger partial charge in [0.25, 0.3) is 0 Å². The van der Waals surface area contributed by atoms with Gasteiger partial charge in [-0.1, -0.05) is 45.0 Å². The molecule has 5 rings (SSSR count). The number of nitrogens with one attached hydrogen (secondary N) is 2. The van der Waals surface area contributed by atoms with Gasteiger partial charge in [-0.3, -0.25) is 4.68 Å². The van der Waals surface area contributed by atoms with E-state index in [0.717, 1.165) is 74.4 Å². The molecule has 194 valence electrons. The van der Waals surface area contributed by atoms with Gasteiger partial charge in [0.1, 0.15) is 5.69 Å². The van der Waals surface area contributed by atoms with Gasteiger partial charge < -0.3 is 15.4 Å². The average Bonchev–Trinajstić information content (AvgIpc) is 3.38. The quantitative estimate of drug-likeness (QED) is 0.484. The Morgan fingerprint density at radius 1 is 0.889 bits per heavy atom. The van der Waals surface area contributed by atoms with Crippen LogP contribution in [0.25, 0.3) is 22.5 Å². The van der Waals surface area contributed by atoms with Gasteiger partial charge in [0.05, 0.1) is 30.7 Å². The van der Waals surface area contributed by atoms with E-state index in [4.69, 9.17) is 19.8 Å². The Hall–Kier alpha value is -2.48. The van der Waals surface area contributed by atoms with E-state index in [9.17, 15) is 0 Å². The van der Waals surface area contributed by atoms with Gasteiger partial charge in [0.15, 0.2) is 0 Å². The smallest absolute Gasteiger partial charge is 0.232 e. The molecule has 1 aromatic carbocycles. The van der Waals surface area contributed by atoms with Crippen LogP contribution in [0, 0.1) is 5.92 Å². The summed E-state index contributed by atoms with van der Waals surface area (Å²) in [4.78, 5) is 9.82. The Kier molecular flexibility index (Phi) is 8.65. The molecule has 0 unspecified atom stereocenters. The summed E-state index contributed by atoms with van der Waals surface area (Å²) >= 11 is 0. The van der Waals surface area contributed by atoms with Gasteiger partial charge in [0.2, 0.25) is 5.88 Å². The number of hydrogen-bond acceptors (Lipinski definition) is 6. The summed E-state index contributed by atoms with van der Waals surface area (Å²) < 4.78 is 8.25. The molecule has 36 heavy (non-hydrogen) atoms. The first-order valence-corrected chi connectivity index (χ1v) is 13.0. The van der Waals surface area contributed by atoms with Crippen molar-refractivity contribution in [2.75, 3.05) is 32.8 Å². The summed E-state index contributed by atoms with van der Waals surface area (Å²) in [6.07, 6.45) is 10.3. The molecule has 0 bridgehead atoms. The molecular formula is C28H39ClN6O. The average molecular weight is 511 g/mol. The summed E-state index contributed by atoms with van der Waals surface area (Å²) in [6, 6.07) is 9.12. The third-order valence-electron chi connectivity index (χ3n) is 7.26. The highest BCUT2D eigenvalue weighted by Crippen LogP contribution is 2.33. The first-order chi connectivity index (χ1) is 17.0. The lowest BCUT2D eigenvalue weighted by atomic mass is 9.86. The number of ether oxygens (including phenoxy) is 1. The number of hydrogen-bond donors (Lipinski definition) is 2. The van der Waals surface area contributed by atoms with Gasteiger partial charge in [-0.05, 0) is 68.8 Å². The Labute approximate surface area is 220 Å². The van der Waals surface area contributed by atoms with E-state index in [1.807, 2.05) is 6.20 Å². The normalized spacial score (nSPS) is 17.5. The Morgan fingerprint density at radius 2 is 1.56 bits per heavy atom. The molecule has 0 aliphatic carbocycles. The molecular weight excluding hydrogens is 472 g/mol. The lowest BCUT2D eigenvalue weighted by molar-refractivity contribution is 0.208. The number of piperidine rings is 2. The molecule has 0 spiro atoms. The van der Waals surface area contributed by atoms with Crippen LogP contribution >= 0.6 is 12.4 Å². The number of rotatable bonds is 6. The summed E-state index contributed by atoms with van der Waals surface area (Å²) in [7, 11) is 0. The molecule has 0 amide bonds. The van der Waals surface area contributed by atoms with Crippen molar-refractivity contribution < 1.29 is 4.74 Å². The van der Waals surface area contributed by atoms with Crippen LogP contribution in [0.3, 0.4) is 0 Å². The Morgan fingerprint density at radius 3 is 2.22 bits per heavy atom. The van der Waals surface area contributed by atoms with Gasteiger partial charge >= 0.3 is 0 Å². The van der Waals surface area contributed by atoms with E-state index >= 15 is 0 Å². The summed E-state index contributed by atoms with van der Waals surface area (Å²) in [5, 5.41) is 11.6. The maximum Gasteiger partial charge on any atom is 0.232 e. The largest absolute Gasteiger partial charge is 0.476 e. The van der Waals surface area contributed by atoms with Crippen molar-refractivity contribution in [2.24, 2.45) is 5.92 Å². The van der Waals surface area contributed by atoms with Crippen molar-refractivity contribution in [1.82, 2.24) is 30.4 Å². The second-order valence-corrected chi connectivity index (χ2v) is 10.9. The minimum Gasteiger partial charge on any atom is -0.476 e. The molecule has 2 aliphatic heterocycles. The topological polar surface area (TPSA) is 76.9 Å². The molecule has 7 nitrogen and oxygen atoms in total. The van der Waals surface area contributed by atoms with Crippen LogP contribution in [0.15, 0.2) is 42.9 Å². The molecule has 0 radical (unpaired) electrons. The number of benzene rings is 1. The molecule has 0 atom stereocenters. The highest BCUT2D eigenvalue weighted by atomic mass is 35.5. The van der Waals surface area contributed by atoms with E-state index in [1.54, 1.807) is 6.20 Å². The predicted octanol–water partition coefficient (Wildman–Crippen LogP) is 5.03. The lowest BCUT2D eigenvalue weighted by Gasteiger charge is -2.23. The summed E-state index contributed by atoms with van der Waals surface area (Å²) in [5.41, 5.74) is 5.14. The van der Waals surface area contributed by atoms with E-state index in [1.165, 1.54) is 5.56 Å². The monoisotopic (exact) mass is 510 g/mol. The third-order valence-corrected chi connectivity index (χ3v) is 7.26. The van der Waals surface area contributed by atoms with Gasteiger partial charge in [-0.15, -0.1) is 12.4 Å². The minimum absolute atomic E-state index is 0. The van der Waals surface area contributed by atoms with E-state index in [0.29, 0.717) is 24.4 Å². The molecule has 8 heteroatoms. The molecule has 2 aliphatic rings. The Bertz CT molecular complexity index is 1110. The maximum atomic E-state index is 6.15. The Balaban J connectivity index is 0.00000304. The molecule has 2 N–H and O–H groups in total. The van der Waals surface area contributed by atoms with E-state index < -0.39 is 0 Å².